The Kier molecular flexibility index (Phi) is 5.94. The molecule has 0 atom stereocenters. The standard InChI is InChI=1S/C15H25N5O2/c1-11(2)10-20-8-5-13(6-9-20)18-15(21)16-7-4-14-17-12(3)19-22-14/h13H,1,4-10H2,2-3H3,(H2,16,18,21). The highest BCUT2D eigenvalue weighted by Gasteiger charge is 2.20. The number of rotatable bonds is 6. The molecule has 2 rings (SSSR count). The molecule has 1 aliphatic heterocycles. The van der Waals surface area contributed by atoms with E-state index in [1.54, 1.807) is 6.92 Å². The first-order chi connectivity index (χ1) is 10.5. The molecule has 1 aromatic rings. The van der Waals surface area contributed by atoms with E-state index in [0.29, 0.717) is 24.7 Å². The van der Waals surface area contributed by atoms with Crippen LogP contribution in [0.4, 0.5) is 4.79 Å². The van der Waals surface area contributed by atoms with Gasteiger partial charge in [0.1, 0.15) is 0 Å². The lowest BCUT2D eigenvalue weighted by atomic mass is 10.0. The second kappa shape index (κ2) is 7.93. The predicted molar refractivity (Wildman–Crippen MR) is 83.5 cm³/mol. The van der Waals surface area contributed by atoms with Gasteiger partial charge in [-0.05, 0) is 26.7 Å². The van der Waals surface area contributed by atoms with Crippen molar-refractivity contribution in [1.82, 2.24) is 25.7 Å². The molecule has 7 heteroatoms. The quantitative estimate of drug-likeness (QED) is 0.773. The summed E-state index contributed by atoms with van der Waals surface area (Å²) in [6.07, 6.45) is 2.50. The fourth-order valence-corrected chi connectivity index (χ4v) is 2.58. The van der Waals surface area contributed by atoms with Crippen molar-refractivity contribution < 1.29 is 9.32 Å². The van der Waals surface area contributed by atoms with Crippen LogP contribution < -0.4 is 10.6 Å². The van der Waals surface area contributed by atoms with Gasteiger partial charge in [0.05, 0.1) is 0 Å². The van der Waals surface area contributed by atoms with E-state index >= 15 is 0 Å². The normalized spacial score (nSPS) is 16.5. The second-order valence-corrected chi connectivity index (χ2v) is 5.89. The minimum Gasteiger partial charge on any atom is -0.339 e. The van der Waals surface area contributed by atoms with Crippen LogP contribution in [-0.2, 0) is 6.42 Å². The van der Waals surface area contributed by atoms with Gasteiger partial charge < -0.3 is 15.2 Å². The summed E-state index contributed by atoms with van der Waals surface area (Å²) in [5.74, 6) is 1.16. The molecule has 0 aromatic carbocycles. The summed E-state index contributed by atoms with van der Waals surface area (Å²) in [6, 6.07) is 0.113. The first kappa shape index (κ1) is 16.5. The van der Waals surface area contributed by atoms with Crippen molar-refractivity contribution in [2.24, 2.45) is 0 Å². The summed E-state index contributed by atoms with van der Waals surface area (Å²) in [6.45, 7) is 11.2. The minimum atomic E-state index is -0.130. The zero-order chi connectivity index (χ0) is 15.9. The number of hydrogen-bond donors (Lipinski definition) is 2. The van der Waals surface area contributed by atoms with Crippen molar-refractivity contribution in [2.45, 2.75) is 39.2 Å². The molecule has 1 aromatic heterocycles. The summed E-state index contributed by atoms with van der Waals surface area (Å²) in [5.41, 5.74) is 1.18. The molecule has 0 aliphatic carbocycles. The zero-order valence-electron chi connectivity index (χ0n) is 13.4. The highest BCUT2D eigenvalue weighted by Crippen LogP contribution is 2.11. The molecule has 2 amide bonds. The van der Waals surface area contributed by atoms with Crippen LogP contribution >= 0.6 is 0 Å². The lowest BCUT2D eigenvalue weighted by Gasteiger charge is -2.32. The monoisotopic (exact) mass is 307 g/mol. The predicted octanol–water partition coefficient (Wildman–Crippen LogP) is 1.26. The van der Waals surface area contributed by atoms with Gasteiger partial charge in [-0.3, -0.25) is 4.90 Å². The van der Waals surface area contributed by atoms with Crippen LogP contribution in [0.15, 0.2) is 16.7 Å². The zero-order valence-corrected chi connectivity index (χ0v) is 13.4. The summed E-state index contributed by atoms with van der Waals surface area (Å²) in [4.78, 5) is 18.3. The van der Waals surface area contributed by atoms with Crippen LogP contribution in [0.5, 0.6) is 0 Å². The first-order valence-electron chi connectivity index (χ1n) is 7.73. The highest BCUT2D eigenvalue weighted by molar-refractivity contribution is 5.74. The third-order valence-electron chi connectivity index (χ3n) is 3.61. The van der Waals surface area contributed by atoms with Gasteiger partial charge in [-0.15, -0.1) is 0 Å². The fraction of sp³-hybridized carbons (Fsp3) is 0.667. The molecule has 22 heavy (non-hydrogen) atoms. The number of nitrogens with zero attached hydrogens (tertiary/aromatic N) is 3. The molecule has 1 saturated heterocycles. The summed E-state index contributed by atoms with van der Waals surface area (Å²) < 4.78 is 4.99. The molecule has 122 valence electrons. The van der Waals surface area contributed by atoms with Crippen molar-refractivity contribution in [2.75, 3.05) is 26.2 Å². The average Bonchev–Trinajstić information content (AvgIpc) is 2.86. The van der Waals surface area contributed by atoms with E-state index in [1.165, 1.54) is 5.57 Å². The lowest BCUT2D eigenvalue weighted by molar-refractivity contribution is 0.202. The number of carbonyl (C=O) groups is 1. The molecule has 0 unspecified atom stereocenters. The molecule has 1 fully saturated rings. The lowest BCUT2D eigenvalue weighted by Crippen LogP contribution is -2.48. The Hall–Kier alpha value is -1.89. The van der Waals surface area contributed by atoms with Gasteiger partial charge in [0.2, 0.25) is 5.89 Å². The van der Waals surface area contributed by atoms with Crippen LogP contribution in [0.3, 0.4) is 0 Å². The smallest absolute Gasteiger partial charge is 0.315 e. The maximum absolute atomic E-state index is 11.8. The summed E-state index contributed by atoms with van der Waals surface area (Å²) in [5, 5.41) is 9.55. The maximum Gasteiger partial charge on any atom is 0.315 e. The molecule has 1 aliphatic rings. The van der Waals surface area contributed by atoms with Crippen LogP contribution in [-0.4, -0.2) is 53.3 Å². The van der Waals surface area contributed by atoms with Crippen molar-refractivity contribution in [3.8, 4) is 0 Å². The SMILES string of the molecule is C=C(C)CN1CCC(NC(=O)NCCc2nc(C)no2)CC1. The summed E-state index contributed by atoms with van der Waals surface area (Å²) in [7, 11) is 0. The van der Waals surface area contributed by atoms with Gasteiger partial charge in [-0.2, -0.15) is 4.98 Å². The number of amides is 2. The van der Waals surface area contributed by atoms with Crippen molar-refractivity contribution >= 4 is 6.03 Å². The second-order valence-electron chi connectivity index (χ2n) is 5.89. The van der Waals surface area contributed by atoms with Crippen LogP contribution in [0.1, 0.15) is 31.5 Å². The number of likely N-dealkylation sites (tertiary alicyclic amines) is 1. The number of hydrogen-bond acceptors (Lipinski definition) is 5. The fourth-order valence-electron chi connectivity index (χ4n) is 2.58. The number of aryl methyl sites for hydroxylation is 1. The maximum atomic E-state index is 11.8. The molecular weight excluding hydrogens is 282 g/mol. The van der Waals surface area contributed by atoms with Crippen LogP contribution in [0.25, 0.3) is 0 Å². The van der Waals surface area contributed by atoms with Crippen molar-refractivity contribution in [1.29, 1.82) is 0 Å². The van der Waals surface area contributed by atoms with Crippen LogP contribution in [0.2, 0.25) is 0 Å². The van der Waals surface area contributed by atoms with Crippen LogP contribution in [0, 0.1) is 6.92 Å². The average molecular weight is 307 g/mol. The van der Waals surface area contributed by atoms with Gasteiger partial charge in [0, 0.05) is 38.6 Å². The van der Waals surface area contributed by atoms with E-state index in [9.17, 15) is 4.79 Å². The molecule has 7 nitrogen and oxygen atoms in total. The molecule has 2 N–H and O–H groups in total. The number of carbonyl (C=O) groups excluding carboxylic acids is 1. The van der Waals surface area contributed by atoms with E-state index in [-0.39, 0.29) is 12.1 Å². The molecule has 0 radical (unpaired) electrons. The van der Waals surface area contributed by atoms with Gasteiger partial charge in [-0.1, -0.05) is 17.3 Å². The Morgan fingerprint density at radius 3 is 2.77 bits per heavy atom. The first-order valence-corrected chi connectivity index (χ1v) is 7.73. The van der Waals surface area contributed by atoms with E-state index in [2.05, 4.69) is 32.3 Å². The van der Waals surface area contributed by atoms with E-state index < -0.39 is 0 Å². The van der Waals surface area contributed by atoms with E-state index in [1.807, 2.05) is 6.92 Å². The topological polar surface area (TPSA) is 83.3 Å². The summed E-state index contributed by atoms with van der Waals surface area (Å²) >= 11 is 0. The molecule has 0 saturated carbocycles. The van der Waals surface area contributed by atoms with Gasteiger partial charge >= 0.3 is 6.03 Å². The number of piperidine rings is 1. The number of nitrogens with one attached hydrogen (secondary N) is 2. The van der Waals surface area contributed by atoms with E-state index in [4.69, 9.17) is 4.52 Å². The third-order valence-corrected chi connectivity index (χ3v) is 3.61. The Balaban J connectivity index is 1.60. The Morgan fingerprint density at radius 1 is 1.45 bits per heavy atom. The molecule has 2 heterocycles. The van der Waals surface area contributed by atoms with Crippen molar-refractivity contribution in [3.63, 3.8) is 0 Å². The minimum absolute atomic E-state index is 0.130. The van der Waals surface area contributed by atoms with Gasteiger partial charge in [0.15, 0.2) is 5.82 Å². The Bertz CT molecular complexity index is 506. The Labute approximate surface area is 131 Å². The van der Waals surface area contributed by atoms with Gasteiger partial charge in [0.25, 0.3) is 0 Å². The van der Waals surface area contributed by atoms with Crippen molar-refractivity contribution in [3.05, 3.63) is 23.9 Å². The number of aromatic nitrogens is 2. The third kappa shape index (κ3) is 5.48. The highest BCUT2D eigenvalue weighted by atomic mass is 16.5. The molecular formula is C15H25N5O2. The molecule has 0 spiro atoms. The Morgan fingerprint density at radius 2 is 2.18 bits per heavy atom. The number of urea groups is 1. The largest absolute Gasteiger partial charge is 0.339 e. The van der Waals surface area contributed by atoms with Gasteiger partial charge in [-0.25, -0.2) is 4.79 Å². The molecule has 0 bridgehead atoms. The van der Waals surface area contributed by atoms with E-state index in [0.717, 1.165) is 32.5 Å².